The van der Waals surface area contributed by atoms with Gasteiger partial charge in [0.1, 0.15) is 11.1 Å². The Hall–Kier alpha value is -2.63. The van der Waals surface area contributed by atoms with Gasteiger partial charge in [-0.3, -0.25) is 4.79 Å². The largest absolute Gasteiger partial charge is 0.411 e. The molecular formula is C18H14N4O2S2. The molecular weight excluding hydrogens is 368 g/mol. The van der Waals surface area contributed by atoms with Gasteiger partial charge in [0.15, 0.2) is 0 Å². The Morgan fingerprint density at radius 2 is 2.15 bits per heavy atom. The molecule has 1 aliphatic rings. The van der Waals surface area contributed by atoms with Gasteiger partial charge in [-0.05, 0) is 37.0 Å². The summed E-state index contributed by atoms with van der Waals surface area (Å²) in [7, 11) is 0. The van der Waals surface area contributed by atoms with E-state index in [0.717, 1.165) is 30.4 Å². The number of aromatic nitrogens is 2. The van der Waals surface area contributed by atoms with Crippen molar-refractivity contribution in [3.05, 3.63) is 46.3 Å². The number of thiophene rings is 1. The van der Waals surface area contributed by atoms with Gasteiger partial charge < -0.3 is 9.73 Å². The third kappa shape index (κ3) is 3.36. The number of nitriles is 1. The number of carbonyl (C=O) groups excluding carboxylic acids is 1. The van der Waals surface area contributed by atoms with Crippen LogP contribution in [0.1, 0.15) is 22.4 Å². The minimum atomic E-state index is -0.189. The number of anilines is 1. The quantitative estimate of drug-likeness (QED) is 0.673. The number of carbonyl (C=O) groups is 1. The molecule has 0 spiro atoms. The van der Waals surface area contributed by atoms with Crippen LogP contribution in [0, 0.1) is 11.3 Å². The minimum Gasteiger partial charge on any atom is -0.411 e. The van der Waals surface area contributed by atoms with Crippen molar-refractivity contribution in [3.8, 4) is 17.5 Å². The van der Waals surface area contributed by atoms with Gasteiger partial charge in [0.2, 0.25) is 11.8 Å². The topological polar surface area (TPSA) is 91.8 Å². The molecule has 4 rings (SSSR count). The van der Waals surface area contributed by atoms with E-state index in [1.54, 1.807) is 0 Å². The molecule has 1 aromatic carbocycles. The summed E-state index contributed by atoms with van der Waals surface area (Å²) in [4.78, 5) is 13.4. The molecule has 3 aromatic rings. The van der Waals surface area contributed by atoms with Crippen molar-refractivity contribution in [3.63, 3.8) is 0 Å². The standard InChI is InChI=1S/C18H14N4O2S2/c19-9-13-12-7-4-8-14(12)26-17(13)20-15(23)10-25-18-22-21-16(24-18)11-5-2-1-3-6-11/h1-3,5-6H,4,7-8,10H2,(H,20,23). The van der Waals surface area contributed by atoms with E-state index in [4.69, 9.17) is 4.42 Å². The van der Waals surface area contributed by atoms with E-state index in [9.17, 15) is 10.1 Å². The fraction of sp³-hybridized carbons (Fsp3) is 0.222. The number of rotatable bonds is 5. The van der Waals surface area contributed by atoms with Crippen molar-refractivity contribution in [2.45, 2.75) is 24.5 Å². The van der Waals surface area contributed by atoms with Crippen LogP contribution in [0.4, 0.5) is 5.00 Å². The van der Waals surface area contributed by atoms with Gasteiger partial charge in [-0.2, -0.15) is 5.26 Å². The molecule has 6 nitrogen and oxygen atoms in total. The molecule has 0 bridgehead atoms. The van der Waals surface area contributed by atoms with Crippen molar-refractivity contribution in [2.75, 3.05) is 11.1 Å². The molecule has 0 fully saturated rings. The second kappa shape index (κ2) is 7.32. The van der Waals surface area contributed by atoms with Gasteiger partial charge in [-0.25, -0.2) is 0 Å². The summed E-state index contributed by atoms with van der Waals surface area (Å²) in [6.45, 7) is 0. The number of thioether (sulfide) groups is 1. The van der Waals surface area contributed by atoms with E-state index >= 15 is 0 Å². The summed E-state index contributed by atoms with van der Waals surface area (Å²) in [6, 6.07) is 11.7. The Balaban J connectivity index is 1.38. The lowest BCUT2D eigenvalue weighted by atomic mass is 10.1. The van der Waals surface area contributed by atoms with Crippen LogP contribution in [0.5, 0.6) is 0 Å². The summed E-state index contributed by atoms with van der Waals surface area (Å²) < 4.78 is 5.58. The van der Waals surface area contributed by atoms with Crippen molar-refractivity contribution in [1.29, 1.82) is 5.26 Å². The second-order valence-corrected chi connectivity index (χ2v) is 7.78. The molecule has 8 heteroatoms. The van der Waals surface area contributed by atoms with Crippen LogP contribution in [0.25, 0.3) is 11.5 Å². The zero-order valence-corrected chi connectivity index (χ0v) is 15.3. The molecule has 1 N–H and O–H groups in total. The van der Waals surface area contributed by atoms with Crippen LogP contribution in [0.2, 0.25) is 0 Å². The summed E-state index contributed by atoms with van der Waals surface area (Å²) >= 11 is 2.69. The lowest BCUT2D eigenvalue weighted by Crippen LogP contribution is -2.14. The normalized spacial score (nSPS) is 12.6. The van der Waals surface area contributed by atoms with Gasteiger partial charge in [0, 0.05) is 10.4 Å². The smallest absolute Gasteiger partial charge is 0.277 e. The molecule has 1 aliphatic carbocycles. The summed E-state index contributed by atoms with van der Waals surface area (Å²) in [5.41, 5.74) is 2.55. The average molecular weight is 382 g/mol. The summed E-state index contributed by atoms with van der Waals surface area (Å²) in [5, 5.41) is 21.2. The number of hydrogen-bond acceptors (Lipinski definition) is 7. The lowest BCUT2D eigenvalue weighted by Gasteiger charge is -2.02. The number of benzene rings is 1. The van der Waals surface area contributed by atoms with Gasteiger partial charge in [-0.15, -0.1) is 21.5 Å². The van der Waals surface area contributed by atoms with Crippen LogP contribution >= 0.6 is 23.1 Å². The Kier molecular flexibility index (Phi) is 4.73. The summed E-state index contributed by atoms with van der Waals surface area (Å²) in [6.07, 6.45) is 2.99. The molecule has 2 aromatic heterocycles. The molecule has 1 amide bonds. The Bertz CT molecular complexity index is 989. The lowest BCUT2D eigenvalue weighted by molar-refractivity contribution is -0.113. The zero-order chi connectivity index (χ0) is 17.9. The molecule has 0 unspecified atom stereocenters. The van der Waals surface area contributed by atoms with E-state index in [1.165, 1.54) is 28.0 Å². The number of nitrogens with one attached hydrogen (secondary N) is 1. The molecule has 26 heavy (non-hydrogen) atoms. The van der Waals surface area contributed by atoms with E-state index in [0.29, 0.717) is 21.7 Å². The number of hydrogen-bond donors (Lipinski definition) is 1. The van der Waals surface area contributed by atoms with Crippen LogP contribution < -0.4 is 5.32 Å². The van der Waals surface area contributed by atoms with E-state index in [2.05, 4.69) is 21.6 Å². The molecule has 0 saturated carbocycles. The third-order valence-corrected chi connectivity index (χ3v) is 6.07. The van der Waals surface area contributed by atoms with Crippen LogP contribution in [-0.2, 0) is 17.6 Å². The highest BCUT2D eigenvalue weighted by Crippen LogP contribution is 2.38. The highest BCUT2D eigenvalue weighted by Gasteiger charge is 2.23. The molecule has 2 heterocycles. The zero-order valence-electron chi connectivity index (χ0n) is 13.7. The highest BCUT2D eigenvalue weighted by atomic mass is 32.2. The highest BCUT2D eigenvalue weighted by molar-refractivity contribution is 7.99. The number of nitrogens with zero attached hydrogens (tertiary/aromatic N) is 3. The Morgan fingerprint density at radius 1 is 1.31 bits per heavy atom. The first-order chi connectivity index (χ1) is 12.7. The van der Waals surface area contributed by atoms with Crippen LogP contribution in [0.15, 0.2) is 40.0 Å². The average Bonchev–Trinajstić information content (AvgIpc) is 3.36. The predicted octanol–water partition coefficient (Wildman–Crippen LogP) is 3.89. The van der Waals surface area contributed by atoms with Crippen molar-refractivity contribution in [2.24, 2.45) is 0 Å². The molecule has 0 aliphatic heterocycles. The SMILES string of the molecule is N#Cc1c(NC(=O)CSc2nnc(-c3ccccc3)o2)sc2c1CCC2. The van der Waals surface area contributed by atoms with Crippen molar-refractivity contribution >= 4 is 34.0 Å². The monoisotopic (exact) mass is 382 g/mol. The molecule has 0 radical (unpaired) electrons. The van der Waals surface area contributed by atoms with Gasteiger partial charge in [0.25, 0.3) is 5.22 Å². The van der Waals surface area contributed by atoms with Crippen molar-refractivity contribution in [1.82, 2.24) is 10.2 Å². The first-order valence-corrected chi connectivity index (χ1v) is 9.91. The maximum atomic E-state index is 12.2. The number of fused-ring (bicyclic) bond motifs is 1. The summed E-state index contributed by atoms with van der Waals surface area (Å²) in [5.74, 6) is 0.380. The van der Waals surface area contributed by atoms with Crippen LogP contribution in [-0.4, -0.2) is 21.9 Å². The maximum Gasteiger partial charge on any atom is 0.277 e. The maximum absolute atomic E-state index is 12.2. The fourth-order valence-electron chi connectivity index (χ4n) is 2.87. The molecule has 130 valence electrons. The Labute approximate surface area is 158 Å². The van der Waals surface area contributed by atoms with Gasteiger partial charge in [0.05, 0.1) is 11.3 Å². The third-order valence-electron chi connectivity index (χ3n) is 4.04. The van der Waals surface area contributed by atoms with Crippen LogP contribution in [0.3, 0.4) is 0 Å². The fourth-order valence-corrected chi connectivity index (χ4v) is 4.69. The van der Waals surface area contributed by atoms with E-state index < -0.39 is 0 Å². The van der Waals surface area contributed by atoms with Crippen molar-refractivity contribution < 1.29 is 9.21 Å². The minimum absolute atomic E-state index is 0.143. The second-order valence-electron chi connectivity index (χ2n) is 5.75. The first-order valence-electron chi connectivity index (χ1n) is 8.11. The first kappa shape index (κ1) is 16.8. The van der Waals surface area contributed by atoms with Gasteiger partial charge in [-0.1, -0.05) is 30.0 Å². The Morgan fingerprint density at radius 3 is 2.96 bits per heavy atom. The molecule has 0 saturated heterocycles. The van der Waals surface area contributed by atoms with E-state index in [-0.39, 0.29) is 11.7 Å². The number of amides is 1. The van der Waals surface area contributed by atoms with Gasteiger partial charge >= 0.3 is 0 Å². The molecule has 0 atom stereocenters. The predicted molar refractivity (Wildman–Crippen MR) is 100 cm³/mol. The van der Waals surface area contributed by atoms with E-state index in [1.807, 2.05) is 30.3 Å². The number of aryl methyl sites for hydroxylation is 1.